The fourth-order valence-electron chi connectivity index (χ4n) is 3.77. The lowest BCUT2D eigenvalue weighted by molar-refractivity contribution is -0.158. The second-order valence-corrected chi connectivity index (χ2v) is 8.16. The van der Waals surface area contributed by atoms with Crippen LogP contribution in [0.25, 0.3) is 0 Å². The van der Waals surface area contributed by atoms with Crippen molar-refractivity contribution in [1.82, 2.24) is 4.90 Å². The number of carbonyl (C=O) groups is 3. The van der Waals surface area contributed by atoms with Crippen molar-refractivity contribution in [3.63, 3.8) is 0 Å². The highest BCUT2D eigenvalue weighted by atomic mass is 32.1. The van der Waals surface area contributed by atoms with Gasteiger partial charge in [0.05, 0.1) is 22.5 Å². The fourth-order valence-corrected chi connectivity index (χ4v) is 4.56. The molecular weight excluding hydrogens is 374 g/mol. The normalized spacial score (nSPS) is 19.3. The minimum Gasteiger partial charge on any atom is -0.466 e. The van der Waals surface area contributed by atoms with Crippen LogP contribution in [0.15, 0.2) is 41.8 Å². The van der Waals surface area contributed by atoms with Crippen LogP contribution in [0, 0.1) is 5.41 Å². The molecule has 6 heteroatoms. The summed E-state index contributed by atoms with van der Waals surface area (Å²) < 4.78 is 5.41. The van der Waals surface area contributed by atoms with Crippen LogP contribution >= 0.6 is 11.3 Å². The van der Waals surface area contributed by atoms with Gasteiger partial charge in [-0.3, -0.25) is 14.4 Å². The third-order valence-corrected chi connectivity index (χ3v) is 6.18. The van der Waals surface area contributed by atoms with E-state index in [1.165, 1.54) is 18.3 Å². The largest absolute Gasteiger partial charge is 0.466 e. The molecule has 1 aliphatic heterocycles. The number of ether oxygens (including phenoxy) is 1. The monoisotopic (exact) mass is 399 g/mol. The van der Waals surface area contributed by atoms with Gasteiger partial charge in [0.15, 0.2) is 5.78 Å². The van der Waals surface area contributed by atoms with Crippen molar-refractivity contribution in [2.45, 2.75) is 33.1 Å². The van der Waals surface area contributed by atoms with E-state index in [0.717, 1.165) is 12.0 Å². The van der Waals surface area contributed by atoms with Crippen molar-refractivity contribution in [1.29, 1.82) is 0 Å². The van der Waals surface area contributed by atoms with E-state index in [0.29, 0.717) is 43.0 Å². The van der Waals surface area contributed by atoms with Crippen LogP contribution in [0.1, 0.15) is 52.3 Å². The zero-order valence-electron chi connectivity index (χ0n) is 16.3. The molecule has 0 radical (unpaired) electrons. The van der Waals surface area contributed by atoms with Crippen molar-refractivity contribution in [3.05, 3.63) is 57.8 Å². The summed E-state index contributed by atoms with van der Waals surface area (Å²) in [7, 11) is 0. The summed E-state index contributed by atoms with van der Waals surface area (Å²) in [6.45, 7) is 4.53. The number of hydrogen-bond acceptors (Lipinski definition) is 5. The molecular formula is C22H25NO4S. The van der Waals surface area contributed by atoms with Crippen molar-refractivity contribution in [3.8, 4) is 0 Å². The average Bonchev–Trinajstić information content (AvgIpc) is 3.19. The number of ketones is 1. The Kier molecular flexibility index (Phi) is 6.29. The molecule has 2 aromatic rings. The number of thiophene rings is 1. The third-order valence-electron chi connectivity index (χ3n) is 5.15. The quantitative estimate of drug-likeness (QED) is 0.544. The fraction of sp³-hybridized carbons (Fsp3) is 0.409. The predicted molar refractivity (Wildman–Crippen MR) is 109 cm³/mol. The summed E-state index contributed by atoms with van der Waals surface area (Å²) in [6, 6.07) is 11.5. The van der Waals surface area contributed by atoms with Gasteiger partial charge in [0.1, 0.15) is 0 Å². The molecule has 2 heterocycles. The Morgan fingerprint density at radius 3 is 2.61 bits per heavy atom. The van der Waals surface area contributed by atoms with Gasteiger partial charge in [0, 0.05) is 18.5 Å². The number of esters is 1. The Hall–Kier alpha value is -2.47. The van der Waals surface area contributed by atoms with Crippen LogP contribution in [0.3, 0.4) is 0 Å². The number of Topliss-reactive ketones (excluding diaryl/α,β-unsaturated/α-hetero) is 1. The summed E-state index contributed by atoms with van der Waals surface area (Å²) in [5.41, 5.74) is 0.818. The number of rotatable bonds is 6. The van der Waals surface area contributed by atoms with Crippen molar-refractivity contribution in [2.24, 2.45) is 5.41 Å². The van der Waals surface area contributed by atoms with Gasteiger partial charge in [-0.05, 0) is 44.7 Å². The van der Waals surface area contributed by atoms with Crippen LogP contribution in [0.2, 0.25) is 0 Å². The summed E-state index contributed by atoms with van der Waals surface area (Å²) in [5, 5.41) is 1.72. The lowest BCUT2D eigenvalue weighted by Crippen LogP contribution is -2.51. The molecule has 0 bridgehead atoms. The van der Waals surface area contributed by atoms with Crippen molar-refractivity contribution >= 4 is 29.0 Å². The molecule has 3 rings (SSSR count). The highest BCUT2D eigenvalue weighted by Crippen LogP contribution is 2.36. The zero-order valence-corrected chi connectivity index (χ0v) is 17.1. The Labute approximate surface area is 169 Å². The number of amides is 1. The van der Waals surface area contributed by atoms with E-state index in [4.69, 9.17) is 4.74 Å². The van der Waals surface area contributed by atoms with Crippen LogP contribution in [-0.4, -0.2) is 42.3 Å². The van der Waals surface area contributed by atoms with Gasteiger partial charge in [-0.1, -0.05) is 30.3 Å². The first-order valence-corrected chi connectivity index (χ1v) is 10.4. The first-order chi connectivity index (χ1) is 13.4. The lowest BCUT2D eigenvalue weighted by atomic mass is 9.75. The Morgan fingerprint density at radius 2 is 1.96 bits per heavy atom. The molecule has 0 unspecified atom stereocenters. The summed E-state index contributed by atoms with van der Waals surface area (Å²) in [6.07, 6.45) is 1.96. The maximum absolute atomic E-state index is 13.0. The van der Waals surface area contributed by atoms with E-state index >= 15 is 0 Å². The molecule has 1 amide bonds. The second kappa shape index (κ2) is 8.69. The minimum atomic E-state index is -0.745. The number of carbonyl (C=O) groups excluding carboxylic acids is 3. The van der Waals surface area contributed by atoms with Gasteiger partial charge in [-0.15, -0.1) is 11.3 Å². The number of piperidine rings is 1. The van der Waals surface area contributed by atoms with Gasteiger partial charge >= 0.3 is 5.97 Å². The lowest BCUT2D eigenvalue weighted by Gasteiger charge is -2.41. The number of nitrogens with zero attached hydrogens (tertiary/aromatic N) is 1. The molecule has 0 saturated carbocycles. The molecule has 1 aliphatic rings. The van der Waals surface area contributed by atoms with Crippen LogP contribution in [-0.2, 0) is 16.0 Å². The minimum absolute atomic E-state index is 0.0485. The van der Waals surface area contributed by atoms with Gasteiger partial charge in [0.25, 0.3) is 5.91 Å². The van der Waals surface area contributed by atoms with E-state index < -0.39 is 5.41 Å². The second-order valence-electron chi connectivity index (χ2n) is 7.25. The molecule has 5 nitrogen and oxygen atoms in total. The highest BCUT2D eigenvalue weighted by molar-refractivity contribution is 7.12. The van der Waals surface area contributed by atoms with Gasteiger partial charge in [0.2, 0.25) is 0 Å². The molecule has 1 aromatic carbocycles. The van der Waals surface area contributed by atoms with Gasteiger partial charge in [-0.2, -0.15) is 0 Å². The standard InChI is InChI=1S/C22H25NO4S/c1-3-27-21(26)22(13-17-8-5-4-6-9-17)10-7-11-23(15-22)20(25)18-12-19(16(2)24)28-14-18/h4-6,8-9,12,14H,3,7,10-11,13,15H2,1-2H3/t22-/m0/s1. The maximum atomic E-state index is 13.0. The van der Waals surface area contributed by atoms with Crippen LogP contribution < -0.4 is 0 Å². The van der Waals surface area contributed by atoms with Gasteiger partial charge < -0.3 is 9.64 Å². The topological polar surface area (TPSA) is 63.7 Å². The Balaban J connectivity index is 1.85. The van der Waals surface area contributed by atoms with E-state index in [1.54, 1.807) is 23.3 Å². The molecule has 1 fully saturated rings. The average molecular weight is 400 g/mol. The maximum Gasteiger partial charge on any atom is 0.314 e. The van der Waals surface area contributed by atoms with E-state index in [2.05, 4.69) is 0 Å². The molecule has 28 heavy (non-hydrogen) atoms. The molecule has 1 saturated heterocycles. The first-order valence-electron chi connectivity index (χ1n) is 9.55. The summed E-state index contributed by atoms with van der Waals surface area (Å²) in [5.74, 6) is -0.427. The van der Waals surface area contributed by atoms with Crippen molar-refractivity contribution < 1.29 is 19.1 Å². The molecule has 1 atom stereocenters. The molecule has 1 aromatic heterocycles. The number of hydrogen-bond donors (Lipinski definition) is 0. The van der Waals surface area contributed by atoms with E-state index in [1.807, 2.05) is 30.3 Å². The molecule has 0 aliphatic carbocycles. The molecule has 148 valence electrons. The first kappa shape index (κ1) is 20.3. The smallest absolute Gasteiger partial charge is 0.314 e. The summed E-state index contributed by atoms with van der Waals surface area (Å²) >= 11 is 1.28. The molecule has 0 N–H and O–H groups in total. The number of benzene rings is 1. The van der Waals surface area contributed by atoms with Crippen molar-refractivity contribution in [2.75, 3.05) is 19.7 Å². The predicted octanol–water partition coefficient (Wildman–Crippen LogP) is 3.98. The highest BCUT2D eigenvalue weighted by Gasteiger charge is 2.45. The summed E-state index contributed by atoms with van der Waals surface area (Å²) in [4.78, 5) is 39.8. The van der Waals surface area contributed by atoms with Crippen LogP contribution in [0.5, 0.6) is 0 Å². The van der Waals surface area contributed by atoms with Gasteiger partial charge in [-0.25, -0.2) is 0 Å². The van der Waals surface area contributed by atoms with E-state index in [-0.39, 0.29) is 17.7 Å². The third kappa shape index (κ3) is 4.33. The Bertz CT molecular complexity index is 860. The van der Waals surface area contributed by atoms with E-state index in [9.17, 15) is 14.4 Å². The Morgan fingerprint density at radius 1 is 1.21 bits per heavy atom. The number of likely N-dealkylation sites (tertiary alicyclic amines) is 1. The molecule has 0 spiro atoms. The zero-order chi connectivity index (χ0) is 20.1. The van der Waals surface area contributed by atoms with Crippen LogP contribution in [0.4, 0.5) is 0 Å². The SMILES string of the molecule is CCOC(=O)[C@]1(Cc2ccccc2)CCCN(C(=O)c2csc(C(C)=O)c2)C1.